The van der Waals surface area contributed by atoms with Gasteiger partial charge in [0.2, 0.25) is 6.29 Å². The minimum Gasteiger partial charge on any atom is -0.324 e. The maximum absolute atomic E-state index is 5.24. The van der Waals surface area contributed by atoms with Crippen LogP contribution in [0.5, 0.6) is 0 Å². The third-order valence-electron chi connectivity index (χ3n) is 7.63. The van der Waals surface area contributed by atoms with Gasteiger partial charge < -0.3 is 5.32 Å². The lowest BCUT2D eigenvalue weighted by atomic mass is 9.97. The molecule has 1 aliphatic rings. The Morgan fingerprint density at radius 1 is 0.462 bits per heavy atom. The van der Waals surface area contributed by atoms with Crippen molar-refractivity contribution in [3.8, 4) is 0 Å². The molecule has 184 valence electrons. The van der Waals surface area contributed by atoms with Crippen LogP contribution in [0.3, 0.4) is 0 Å². The average molecular weight is 501 g/mol. The fourth-order valence-corrected chi connectivity index (χ4v) is 5.94. The molecule has 4 heteroatoms. The summed E-state index contributed by atoms with van der Waals surface area (Å²) in [6.07, 6.45) is -0.483. The summed E-state index contributed by atoms with van der Waals surface area (Å²) in [4.78, 5) is 10.5. The smallest absolute Gasteiger partial charge is 0.225 e. The lowest BCUT2D eigenvalue weighted by molar-refractivity contribution is 0.576. The number of nitrogens with one attached hydrogen (secondary N) is 1. The van der Waals surface area contributed by atoms with Crippen LogP contribution in [0.25, 0.3) is 43.4 Å². The zero-order chi connectivity index (χ0) is 25.8. The molecular weight excluding hydrogens is 476 g/mol. The van der Waals surface area contributed by atoms with Gasteiger partial charge in [-0.15, -0.1) is 0 Å². The van der Waals surface area contributed by atoms with Gasteiger partial charge in [0.1, 0.15) is 11.7 Å². The summed E-state index contributed by atoms with van der Waals surface area (Å²) in [7, 11) is 0. The minimum absolute atomic E-state index is 0.483. The Kier molecular flexibility index (Phi) is 4.85. The summed E-state index contributed by atoms with van der Waals surface area (Å²) >= 11 is 0. The van der Waals surface area contributed by atoms with E-state index in [0.29, 0.717) is 0 Å². The van der Waals surface area contributed by atoms with Gasteiger partial charge >= 0.3 is 0 Å². The maximum Gasteiger partial charge on any atom is 0.225 e. The molecule has 0 unspecified atom stereocenters. The highest BCUT2D eigenvalue weighted by Gasteiger charge is 2.25. The van der Waals surface area contributed by atoms with Crippen molar-refractivity contribution >= 4 is 55.0 Å². The van der Waals surface area contributed by atoms with E-state index >= 15 is 0 Å². The van der Waals surface area contributed by atoms with Crippen molar-refractivity contribution in [2.75, 3.05) is 0 Å². The lowest BCUT2D eigenvalue weighted by Crippen LogP contribution is -2.36. The number of benzene rings is 6. The van der Waals surface area contributed by atoms with Crippen molar-refractivity contribution in [2.45, 2.75) is 6.29 Å². The Bertz CT molecular complexity index is 2030. The second kappa shape index (κ2) is 8.67. The standard InChI is InChI=1S/C35H24N4/c1-3-13-23(14-4-1)33-36-34(24-15-5-2-6-16-24)38-35(37-33)39-30-22-12-11-21-29(30)31-27-19-9-7-17-25(27)26-18-8-10-20-28(26)32(31)39/h1-22,35H,(H,36,37,38). The van der Waals surface area contributed by atoms with Gasteiger partial charge in [0.05, 0.1) is 11.0 Å². The van der Waals surface area contributed by atoms with E-state index in [1.54, 1.807) is 0 Å². The maximum atomic E-state index is 5.24. The van der Waals surface area contributed by atoms with Gasteiger partial charge in [-0.2, -0.15) is 0 Å². The van der Waals surface area contributed by atoms with Crippen LogP contribution in [0.15, 0.2) is 143 Å². The second-order valence-electron chi connectivity index (χ2n) is 9.86. The highest BCUT2D eigenvalue weighted by Crippen LogP contribution is 2.42. The molecule has 0 saturated carbocycles. The van der Waals surface area contributed by atoms with E-state index in [-0.39, 0.29) is 0 Å². The fourth-order valence-electron chi connectivity index (χ4n) is 5.94. The van der Waals surface area contributed by atoms with Gasteiger partial charge in [0.15, 0.2) is 0 Å². The Hall–Kier alpha value is -5.22. The van der Waals surface area contributed by atoms with Crippen LogP contribution >= 0.6 is 0 Å². The first-order valence-corrected chi connectivity index (χ1v) is 13.2. The van der Waals surface area contributed by atoms with Gasteiger partial charge in [-0.3, -0.25) is 4.57 Å². The molecule has 0 spiro atoms. The van der Waals surface area contributed by atoms with Gasteiger partial charge in [-0.05, 0) is 22.2 Å². The Morgan fingerprint density at radius 3 is 1.54 bits per heavy atom. The summed E-state index contributed by atoms with van der Waals surface area (Å²) in [6.45, 7) is 0. The Morgan fingerprint density at radius 2 is 0.923 bits per heavy atom. The molecule has 6 aromatic carbocycles. The Balaban J connectivity index is 1.51. The van der Waals surface area contributed by atoms with Crippen molar-refractivity contribution in [3.63, 3.8) is 0 Å². The molecule has 4 nitrogen and oxygen atoms in total. The monoisotopic (exact) mass is 500 g/mol. The molecule has 0 fully saturated rings. The first-order chi connectivity index (χ1) is 19.4. The van der Waals surface area contributed by atoms with Crippen molar-refractivity contribution in [3.05, 3.63) is 145 Å². The van der Waals surface area contributed by atoms with Crippen LogP contribution in [0.4, 0.5) is 0 Å². The number of hydrogen-bond donors (Lipinski definition) is 1. The van der Waals surface area contributed by atoms with Crippen LogP contribution in [-0.4, -0.2) is 16.2 Å². The highest BCUT2D eigenvalue weighted by molar-refractivity contribution is 6.31. The first kappa shape index (κ1) is 21.8. The number of aliphatic imine (C=N–C) groups is 2. The fraction of sp³-hybridized carbons (Fsp3) is 0.0286. The molecule has 8 rings (SSSR count). The van der Waals surface area contributed by atoms with Crippen LogP contribution in [0.1, 0.15) is 17.4 Å². The zero-order valence-electron chi connectivity index (χ0n) is 21.1. The molecule has 7 aromatic rings. The quantitative estimate of drug-likeness (QED) is 0.245. The average Bonchev–Trinajstić information content (AvgIpc) is 3.38. The molecule has 0 radical (unpaired) electrons. The first-order valence-electron chi connectivity index (χ1n) is 13.2. The molecule has 1 N–H and O–H groups in total. The van der Waals surface area contributed by atoms with Gasteiger partial charge in [0.25, 0.3) is 0 Å². The van der Waals surface area contributed by atoms with Gasteiger partial charge in [-0.1, -0.05) is 127 Å². The molecule has 0 atom stereocenters. The predicted octanol–water partition coefficient (Wildman–Crippen LogP) is 8.05. The minimum atomic E-state index is -0.483. The number of aromatic nitrogens is 1. The SMILES string of the molecule is c1ccc(C2=NC(n3c4ccccc4c4c5ccccc5c5ccccc5c43)N=C(c3ccccc3)N2)cc1. The van der Waals surface area contributed by atoms with Crippen molar-refractivity contribution < 1.29 is 0 Å². The molecule has 0 amide bonds. The molecule has 0 saturated heterocycles. The molecular formula is C35H24N4. The molecule has 39 heavy (non-hydrogen) atoms. The predicted molar refractivity (Wildman–Crippen MR) is 163 cm³/mol. The van der Waals surface area contributed by atoms with E-state index in [0.717, 1.165) is 33.8 Å². The third kappa shape index (κ3) is 3.39. The van der Waals surface area contributed by atoms with Crippen LogP contribution in [0.2, 0.25) is 0 Å². The van der Waals surface area contributed by atoms with Gasteiger partial charge in [-0.25, -0.2) is 9.98 Å². The summed E-state index contributed by atoms with van der Waals surface area (Å²) in [6, 6.07) is 46.6. The van der Waals surface area contributed by atoms with Crippen LogP contribution < -0.4 is 5.32 Å². The molecule has 1 aromatic heterocycles. The van der Waals surface area contributed by atoms with Crippen LogP contribution in [0, 0.1) is 0 Å². The molecule has 2 heterocycles. The van der Waals surface area contributed by atoms with Gasteiger partial charge in [0, 0.05) is 27.3 Å². The Labute approximate surface area is 225 Å². The number of amidine groups is 2. The van der Waals surface area contributed by atoms with Crippen molar-refractivity contribution in [1.82, 2.24) is 9.88 Å². The molecule has 0 bridgehead atoms. The number of nitrogens with zero attached hydrogens (tertiary/aromatic N) is 3. The van der Waals surface area contributed by atoms with E-state index in [2.05, 4.69) is 107 Å². The topological polar surface area (TPSA) is 41.7 Å². The van der Waals surface area contributed by atoms with E-state index in [1.165, 1.54) is 32.3 Å². The summed E-state index contributed by atoms with van der Waals surface area (Å²) in [5, 5.41) is 10.9. The van der Waals surface area contributed by atoms with Crippen molar-refractivity contribution in [1.29, 1.82) is 0 Å². The summed E-state index contributed by atoms with van der Waals surface area (Å²) in [5.74, 6) is 1.62. The number of hydrogen-bond acceptors (Lipinski definition) is 3. The van der Waals surface area contributed by atoms with Crippen LogP contribution in [-0.2, 0) is 0 Å². The van der Waals surface area contributed by atoms with Crippen molar-refractivity contribution in [2.24, 2.45) is 9.98 Å². The number of para-hydroxylation sites is 1. The molecule has 0 aliphatic carbocycles. The van der Waals surface area contributed by atoms with E-state index in [9.17, 15) is 0 Å². The molecule has 1 aliphatic heterocycles. The largest absolute Gasteiger partial charge is 0.324 e. The van der Waals surface area contributed by atoms with E-state index in [1.807, 2.05) is 36.4 Å². The van der Waals surface area contributed by atoms with E-state index < -0.39 is 6.29 Å². The number of rotatable bonds is 3. The summed E-state index contributed by atoms with van der Waals surface area (Å²) < 4.78 is 2.33. The third-order valence-corrected chi connectivity index (χ3v) is 7.63. The summed E-state index contributed by atoms with van der Waals surface area (Å²) in [5.41, 5.74) is 4.33. The van der Waals surface area contributed by atoms with E-state index in [4.69, 9.17) is 9.98 Å². The number of fused-ring (bicyclic) bond motifs is 8. The highest BCUT2D eigenvalue weighted by atomic mass is 15.3. The normalized spacial score (nSPS) is 14.1. The zero-order valence-corrected chi connectivity index (χ0v) is 21.1. The lowest BCUT2D eigenvalue weighted by Gasteiger charge is -2.24. The second-order valence-corrected chi connectivity index (χ2v) is 9.86.